The average Bonchev–Trinajstić information content (AvgIpc) is 2.87. The molecule has 3 heteroatoms. The summed E-state index contributed by atoms with van der Waals surface area (Å²) in [6.45, 7) is 0. The third-order valence-electron chi connectivity index (χ3n) is 5.95. The van der Waals surface area contributed by atoms with E-state index in [-0.39, 0.29) is 5.71 Å². The van der Waals surface area contributed by atoms with Crippen LogP contribution in [0, 0.1) is 10.8 Å². The fourth-order valence-electron chi connectivity index (χ4n) is 4.31. The maximum Gasteiger partial charge on any atom is 0.0867 e. The Labute approximate surface area is 192 Å². The summed E-state index contributed by atoms with van der Waals surface area (Å²) in [6, 6.07) is 36.4. The first-order chi connectivity index (χ1) is 16.1. The Bertz CT molecular complexity index is 1550. The van der Waals surface area contributed by atoms with Crippen molar-refractivity contribution in [3.05, 3.63) is 132 Å². The fourth-order valence-corrected chi connectivity index (χ4v) is 4.31. The second kappa shape index (κ2) is 8.56. The van der Waals surface area contributed by atoms with Crippen LogP contribution in [0.1, 0.15) is 16.7 Å². The largest absolute Gasteiger partial charge is 0.398 e. The van der Waals surface area contributed by atoms with E-state index in [1.165, 1.54) is 16.2 Å². The van der Waals surface area contributed by atoms with Crippen molar-refractivity contribution < 1.29 is 0 Å². The average molecular weight is 426 g/mol. The van der Waals surface area contributed by atoms with Crippen LogP contribution in [0.25, 0.3) is 27.1 Å². The second-order valence-corrected chi connectivity index (χ2v) is 7.99. The molecule has 0 fully saturated rings. The molecule has 4 N–H and O–H groups in total. The lowest BCUT2D eigenvalue weighted by molar-refractivity contribution is 1.43. The van der Waals surface area contributed by atoms with Crippen LogP contribution < -0.4 is 5.73 Å². The minimum atomic E-state index is 0.265. The van der Waals surface area contributed by atoms with Gasteiger partial charge in [0.2, 0.25) is 0 Å². The number of rotatable bonds is 1. The van der Waals surface area contributed by atoms with Crippen LogP contribution >= 0.6 is 0 Å². The van der Waals surface area contributed by atoms with Gasteiger partial charge in [-0.25, -0.2) is 0 Å². The Morgan fingerprint density at radius 3 is 1.73 bits per heavy atom. The van der Waals surface area contributed by atoms with E-state index in [1.807, 2.05) is 78.9 Å². The quantitative estimate of drug-likeness (QED) is 0.246. The molecule has 0 bridgehead atoms. The normalized spacial score (nSPS) is 12.7. The zero-order valence-electron chi connectivity index (χ0n) is 18.0. The number of anilines is 1. The van der Waals surface area contributed by atoms with Crippen molar-refractivity contribution in [1.82, 2.24) is 0 Å². The molecular weight excluding hydrogens is 402 g/mol. The summed E-state index contributed by atoms with van der Waals surface area (Å²) in [5.41, 5.74) is 11.2. The molecule has 0 spiro atoms. The first-order valence-electron chi connectivity index (χ1n) is 10.8. The summed E-state index contributed by atoms with van der Waals surface area (Å²) < 4.78 is 0. The van der Waals surface area contributed by atoms with Gasteiger partial charge in [-0.2, -0.15) is 0 Å². The molecule has 6 rings (SSSR count). The Morgan fingerprint density at radius 2 is 1.00 bits per heavy atom. The Balaban J connectivity index is 0.000000174. The molecule has 0 unspecified atom stereocenters. The van der Waals surface area contributed by atoms with E-state index >= 15 is 0 Å². The van der Waals surface area contributed by atoms with Crippen LogP contribution in [-0.2, 0) is 0 Å². The Kier molecular flexibility index (Phi) is 5.29. The molecule has 33 heavy (non-hydrogen) atoms. The first kappa shape index (κ1) is 20.4. The highest BCUT2D eigenvalue weighted by molar-refractivity contribution is 6.53. The number of allylic oxidation sites excluding steroid dienone is 1. The molecule has 0 radical (unpaired) electrons. The van der Waals surface area contributed by atoms with Crippen molar-refractivity contribution in [1.29, 1.82) is 10.8 Å². The van der Waals surface area contributed by atoms with Crippen LogP contribution in [0.2, 0.25) is 0 Å². The molecule has 1 aliphatic carbocycles. The lowest BCUT2D eigenvalue weighted by Gasteiger charge is -2.20. The highest BCUT2D eigenvalue weighted by Gasteiger charge is 2.21. The van der Waals surface area contributed by atoms with E-state index in [4.69, 9.17) is 16.6 Å². The standard InChI is InChI=1S/C20H14N2.C10H9N/c21-19-12-18(16-9-3-4-10-17(16)20(19)22)15-11-5-7-13-6-1-2-8-14(13)15;11-10-7-3-5-8-4-1-2-6-9(8)10/h1-12,21-22H;1-7H,11H2. The molecule has 5 aromatic carbocycles. The van der Waals surface area contributed by atoms with Gasteiger partial charge in [-0.05, 0) is 45.0 Å². The number of nitrogen functional groups attached to an aromatic ring is 1. The van der Waals surface area contributed by atoms with Crippen molar-refractivity contribution in [3.8, 4) is 0 Å². The predicted molar refractivity (Wildman–Crippen MR) is 140 cm³/mol. The van der Waals surface area contributed by atoms with Gasteiger partial charge < -0.3 is 5.73 Å². The molecule has 0 atom stereocenters. The van der Waals surface area contributed by atoms with Crippen molar-refractivity contribution in [2.75, 3.05) is 5.73 Å². The fraction of sp³-hybridized carbons (Fsp3) is 0. The summed E-state index contributed by atoms with van der Waals surface area (Å²) in [7, 11) is 0. The second-order valence-electron chi connectivity index (χ2n) is 7.99. The third kappa shape index (κ3) is 3.81. The van der Waals surface area contributed by atoms with Gasteiger partial charge in [-0.1, -0.05) is 103 Å². The van der Waals surface area contributed by atoms with E-state index in [1.54, 1.807) is 0 Å². The summed E-state index contributed by atoms with van der Waals surface area (Å²) in [5.74, 6) is 0. The number of nitrogens with one attached hydrogen (secondary N) is 2. The van der Waals surface area contributed by atoms with Crippen molar-refractivity contribution in [2.24, 2.45) is 0 Å². The van der Waals surface area contributed by atoms with Gasteiger partial charge in [0.15, 0.2) is 0 Å². The molecule has 5 aromatic rings. The smallest absolute Gasteiger partial charge is 0.0867 e. The molecule has 0 saturated heterocycles. The third-order valence-corrected chi connectivity index (χ3v) is 5.95. The molecular formula is C30H23N3. The van der Waals surface area contributed by atoms with Gasteiger partial charge in [0.1, 0.15) is 0 Å². The SMILES string of the molecule is N=C1C=C(c2cccc3ccccc23)c2ccccc2C1=N.Nc1cccc2ccccc12. The summed E-state index contributed by atoms with van der Waals surface area (Å²) in [6.07, 6.45) is 1.81. The minimum absolute atomic E-state index is 0.265. The predicted octanol–water partition coefficient (Wildman–Crippen LogP) is 7.09. The minimum Gasteiger partial charge on any atom is -0.398 e. The van der Waals surface area contributed by atoms with Gasteiger partial charge in [-0.3, -0.25) is 10.8 Å². The van der Waals surface area contributed by atoms with Gasteiger partial charge in [0.25, 0.3) is 0 Å². The van der Waals surface area contributed by atoms with E-state index in [0.717, 1.165) is 33.3 Å². The number of hydrogen-bond donors (Lipinski definition) is 3. The van der Waals surface area contributed by atoms with Crippen LogP contribution in [0.3, 0.4) is 0 Å². The van der Waals surface area contributed by atoms with E-state index in [2.05, 4.69) is 36.4 Å². The van der Waals surface area contributed by atoms with E-state index in [9.17, 15) is 0 Å². The summed E-state index contributed by atoms with van der Waals surface area (Å²) in [4.78, 5) is 0. The zero-order valence-corrected chi connectivity index (χ0v) is 18.0. The summed E-state index contributed by atoms with van der Waals surface area (Å²) in [5, 5.41) is 20.9. The van der Waals surface area contributed by atoms with Crippen LogP contribution in [0.4, 0.5) is 5.69 Å². The van der Waals surface area contributed by atoms with Crippen LogP contribution in [0.5, 0.6) is 0 Å². The van der Waals surface area contributed by atoms with Crippen molar-refractivity contribution in [3.63, 3.8) is 0 Å². The number of benzene rings is 5. The van der Waals surface area contributed by atoms with Crippen LogP contribution in [-0.4, -0.2) is 11.4 Å². The van der Waals surface area contributed by atoms with Gasteiger partial charge >= 0.3 is 0 Å². The van der Waals surface area contributed by atoms with Crippen molar-refractivity contribution >= 4 is 44.2 Å². The topological polar surface area (TPSA) is 73.7 Å². The Hall–Kier alpha value is -4.50. The summed E-state index contributed by atoms with van der Waals surface area (Å²) >= 11 is 0. The first-order valence-corrected chi connectivity index (χ1v) is 10.8. The zero-order chi connectivity index (χ0) is 22.8. The van der Waals surface area contributed by atoms with E-state index < -0.39 is 0 Å². The molecule has 0 aromatic heterocycles. The highest BCUT2D eigenvalue weighted by Crippen LogP contribution is 2.34. The maximum absolute atomic E-state index is 8.12. The molecule has 0 aliphatic heterocycles. The van der Waals surface area contributed by atoms with E-state index in [0.29, 0.717) is 5.71 Å². The van der Waals surface area contributed by atoms with Gasteiger partial charge in [-0.15, -0.1) is 0 Å². The van der Waals surface area contributed by atoms with Crippen molar-refractivity contribution in [2.45, 2.75) is 0 Å². The molecule has 0 amide bonds. The highest BCUT2D eigenvalue weighted by atomic mass is 14.5. The molecule has 0 heterocycles. The molecule has 3 nitrogen and oxygen atoms in total. The maximum atomic E-state index is 8.12. The molecule has 158 valence electrons. The van der Waals surface area contributed by atoms with Crippen LogP contribution in [0.15, 0.2) is 115 Å². The Morgan fingerprint density at radius 1 is 0.485 bits per heavy atom. The number of hydrogen-bond acceptors (Lipinski definition) is 3. The lowest BCUT2D eigenvalue weighted by Crippen LogP contribution is -2.18. The van der Waals surface area contributed by atoms with Gasteiger partial charge in [0.05, 0.1) is 11.4 Å². The number of nitrogens with two attached hydrogens (primary N) is 1. The number of fused-ring (bicyclic) bond motifs is 3. The molecule has 0 saturated carbocycles. The van der Waals surface area contributed by atoms with Gasteiger partial charge in [0, 0.05) is 16.6 Å². The monoisotopic (exact) mass is 425 g/mol. The molecule has 1 aliphatic rings. The lowest BCUT2D eigenvalue weighted by atomic mass is 9.83.